The van der Waals surface area contributed by atoms with Gasteiger partial charge in [0.25, 0.3) is 0 Å². The summed E-state index contributed by atoms with van der Waals surface area (Å²) in [6.45, 7) is 0.690. The van der Waals surface area contributed by atoms with Gasteiger partial charge >= 0.3 is 0 Å². The number of halogens is 3. The Balaban J connectivity index is 1.94. The van der Waals surface area contributed by atoms with Crippen LogP contribution in [0.3, 0.4) is 0 Å². The van der Waals surface area contributed by atoms with Gasteiger partial charge in [-0.15, -0.1) is 0 Å². The predicted octanol–water partition coefficient (Wildman–Crippen LogP) is 3.10. The van der Waals surface area contributed by atoms with Crippen LogP contribution in [0, 0.1) is 17.5 Å². The molecule has 0 aliphatic carbocycles. The van der Waals surface area contributed by atoms with E-state index in [1.807, 2.05) is 0 Å². The number of benzene rings is 2. The molecule has 0 saturated heterocycles. The maximum Gasteiger partial charge on any atom is 0.187 e. The minimum Gasteiger partial charge on any atom is -0.503 e. The Morgan fingerprint density at radius 2 is 1.37 bits per heavy atom. The summed E-state index contributed by atoms with van der Waals surface area (Å²) in [5, 5.41) is 11.9. The zero-order valence-electron chi connectivity index (χ0n) is 9.96. The van der Waals surface area contributed by atoms with Gasteiger partial charge in [-0.1, -0.05) is 12.1 Å². The van der Waals surface area contributed by atoms with Crippen molar-refractivity contribution >= 4 is 0 Å². The van der Waals surface area contributed by atoms with Crippen molar-refractivity contribution in [2.24, 2.45) is 0 Å². The van der Waals surface area contributed by atoms with Gasteiger partial charge in [-0.25, -0.2) is 13.2 Å². The minimum absolute atomic E-state index is 0.242. The Morgan fingerprint density at radius 1 is 0.842 bits per heavy atom. The van der Waals surface area contributed by atoms with E-state index < -0.39 is 17.4 Å². The molecule has 0 spiro atoms. The molecule has 0 aliphatic heterocycles. The lowest BCUT2D eigenvalue weighted by molar-refractivity contribution is 0.395. The zero-order chi connectivity index (χ0) is 13.8. The summed E-state index contributed by atoms with van der Waals surface area (Å²) in [4.78, 5) is 0. The van der Waals surface area contributed by atoms with E-state index in [0.717, 1.165) is 17.7 Å². The van der Waals surface area contributed by atoms with Crippen molar-refractivity contribution in [2.45, 2.75) is 13.1 Å². The van der Waals surface area contributed by atoms with E-state index in [-0.39, 0.29) is 12.4 Å². The predicted molar refractivity (Wildman–Crippen MR) is 65.0 cm³/mol. The fourth-order valence-corrected chi connectivity index (χ4v) is 1.67. The van der Waals surface area contributed by atoms with Crippen molar-refractivity contribution in [3.8, 4) is 5.75 Å². The van der Waals surface area contributed by atoms with Crippen LogP contribution >= 0.6 is 0 Å². The second kappa shape index (κ2) is 5.75. The number of aromatic hydroxyl groups is 1. The summed E-state index contributed by atoms with van der Waals surface area (Å²) in [5.41, 5.74) is 1.25. The molecular weight excluding hydrogens is 255 g/mol. The first-order valence-corrected chi connectivity index (χ1v) is 5.68. The second-order valence-electron chi connectivity index (χ2n) is 4.14. The number of hydrogen-bond acceptors (Lipinski definition) is 2. The largest absolute Gasteiger partial charge is 0.503 e. The van der Waals surface area contributed by atoms with Crippen molar-refractivity contribution in [2.75, 3.05) is 0 Å². The third kappa shape index (κ3) is 3.48. The van der Waals surface area contributed by atoms with Gasteiger partial charge in [0.2, 0.25) is 0 Å². The van der Waals surface area contributed by atoms with Crippen LogP contribution in [0.2, 0.25) is 0 Å². The highest BCUT2D eigenvalue weighted by atomic mass is 19.1. The summed E-state index contributed by atoms with van der Waals surface area (Å²) in [7, 11) is 0. The van der Waals surface area contributed by atoms with Gasteiger partial charge in [-0.05, 0) is 35.4 Å². The number of phenols is 1. The molecule has 2 nitrogen and oxygen atoms in total. The smallest absolute Gasteiger partial charge is 0.187 e. The van der Waals surface area contributed by atoms with Crippen molar-refractivity contribution in [3.05, 3.63) is 65.0 Å². The Labute approximate surface area is 108 Å². The van der Waals surface area contributed by atoms with Gasteiger partial charge in [-0.3, -0.25) is 0 Å². The number of nitrogens with one attached hydrogen (secondary N) is 1. The first-order chi connectivity index (χ1) is 9.06. The topological polar surface area (TPSA) is 32.3 Å². The summed E-state index contributed by atoms with van der Waals surface area (Å²) < 4.78 is 38.8. The number of phenolic OH excluding ortho intramolecular Hbond substituents is 1. The Bertz CT molecular complexity index is 546. The lowest BCUT2D eigenvalue weighted by Crippen LogP contribution is -2.13. The van der Waals surface area contributed by atoms with Crippen molar-refractivity contribution in [1.29, 1.82) is 0 Å². The van der Waals surface area contributed by atoms with Crippen LogP contribution < -0.4 is 5.32 Å². The van der Waals surface area contributed by atoms with Gasteiger partial charge in [0, 0.05) is 13.1 Å². The molecule has 0 aromatic heterocycles. The molecule has 0 aliphatic rings. The molecule has 2 rings (SSSR count). The highest BCUT2D eigenvalue weighted by molar-refractivity contribution is 5.30. The van der Waals surface area contributed by atoms with Crippen LogP contribution in [0.15, 0.2) is 36.4 Å². The molecule has 5 heteroatoms. The molecule has 2 aromatic carbocycles. The van der Waals surface area contributed by atoms with E-state index in [1.165, 1.54) is 12.1 Å². The molecule has 0 saturated carbocycles. The zero-order valence-corrected chi connectivity index (χ0v) is 9.96. The number of rotatable bonds is 4. The fourth-order valence-electron chi connectivity index (χ4n) is 1.67. The first kappa shape index (κ1) is 13.4. The highest BCUT2D eigenvalue weighted by Gasteiger charge is 2.09. The molecule has 0 atom stereocenters. The molecule has 2 N–H and O–H groups in total. The Kier molecular flexibility index (Phi) is 4.06. The van der Waals surface area contributed by atoms with Gasteiger partial charge in [-0.2, -0.15) is 0 Å². The van der Waals surface area contributed by atoms with E-state index in [9.17, 15) is 13.2 Å². The first-order valence-electron chi connectivity index (χ1n) is 5.68. The Hall–Kier alpha value is -2.01. The standard InChI is InChI=1S/C14H12F3NO/c15-11-3-1-9(2-4-11)7-18-8-10-5-12(16)14(19)13(17)6-10/h1-6,18-19H,7-8H2. The minimum atomic E-state index is -0.987. The monoisotopic (exact) mass is 267 g/mol. The molecule has 0 heterocycles. The summed E-state index contributed by atoms with van der Waals surface area (Å²) in [6.07, 6.45) is 0. The summed E-state index contributed by atoms with van der Waals surface area (Å²) in [5.74, 6) is -3.26. The second-order valence-corrected chi connectivity index (χ2v) is 4.14. The molecule has 19 heavy (non-hydrogen) atoms. The molecule has 0 fully saturated rings. The average molecular weight is 267 g/mol. The Morgan fingerprint density at radius 3 is 1.95 bits per heavy atom. The normalized spacial score (nSPS) is 10.7. The van der Waals surface area contributed by atoms with Crippen molar-refractivity contribution < 1.29 is 18.3 Å². The third-order valence-corrected chi connectivity index (χ3v) is 2.65. The van der Waals surface area contributed by atoms with Crippen molar-refractivity contribution in [3.63, 3.8) is 0 Å². The third-order valence-electron chi connectivity index (χ3n) is 2.65. The highest BCUT2D eigenvalue weighted by Crippen LogP contribution is 2.21. The van der Waals surface area contributed by atoms with E-state index in [4.69, 9.17) is 5.11 Å². The quantitative estimate of drug-likeness (QED) is 0.892. The molecule has 0 radical (unpaired) electrons. The summed E-state index contributed by atoms with van der Waals surface area (Å²) >= 11 is 0. The fraction of sp³-hybridized carbons (Fsp3) is 0.143. The molecular formula is C14H12F3NO. The van der Waals surface area contributed by atoms with Crippen LogP contribution in [-0.2, 0) is 13.1 Å². The van der Waals surface area contributed by atoms with Gasteiger partial charge in [0.05, 0.1) is 0 Å². The van der Waals surface area contributed by atoms with Crippen LogP contribution in [0.5, 0.6) is 5.75 Å². The molecule has 0 bridgehead atoms. The van der Waals surface area contributed by atoms with E-state index >= 15 is 0 Å². The van der Waals surface area contributed by atoms with Crippen molar-refractivity contribution in [1.82, 2.24) is 5.32 Å². The van der Waals surface area contributed by atoms with E-state index in [0.29, 0.717) is 12.1 Å². The summed E-state index contributed by atoms with van der Waals surface area (Å²) in [6, 6.07) is 8.07. The maximum atomic E-state index is 13.1. The van der Waals surface area contributed by atoms with E-state index in [2.05, 4.69) is 5.32 Å². The lowest BCUT2D eigenvalue weighted by atomic mass is 10.2. The van der Waals surface area contributed by atoms with Crippen LogP contribution in [-0.4, -0.2) is 5.11 Å². The molecule has 0 unspecified atom stereocenters. The van der Waals surface area contributed by atoms with Crippen LogP contribution in [0.4, 0.5) is 13.2 Å². The molecule has 2 aromatic rings. The van der Waals surface area contributed by atoms with Crippen LogP contribution in [0.25, 0.3) is 0 Å². The van der Waals surface area contributed by atoms with E-state index in [1.54, 1.807) is 12.1 Å². The van der Waals surface area contributed by atoms with Gasteiger partial charge in [0.15, 0.2) is 17.4 Å². The van der Waals surface area contributed by atoms with Crippen LogP contribution in [0.1, 0.15) is 11.1 Å². The maximum absolute atomic E-state index is 13.1. The lowest BCUT2D eigenvalue weighted by Gasteiger charge is -2.06. The number of hydrogen-bond donors (Lipinski definition) is 2. The van der Waals surface area contributed by atoms with Gasteiger partial charge in [0.1, 0.15) is 5.82 Å². The average Bonchev–Trinajstić information content (AvgIpc) is 2.38. The SMILES string of the molecule is Oc1c(F)cc(CNCc2ccc(F)cc2)cc1F. The van der Waals surface area contributed by atoms with Gasteiger partial charge < -0.3 is 10.4 Å². The molecule has 0 amide bonds. The molecule has 100 valence electrons.